The minimum atomic E-state index is -0.0505. The zero-order valence-electron chi connectivity index (χ0n) is 12.5. The van der Waals surface area contributed by atoms with E-state index in [-0.39, 0.29) is 17.9 Å². The van der Waals surface area contributed by atoms with Gasteiger partial charge in [-0.15, -0.1) is 0 Å². The van der Waals surface area contributed by atoms with Crippen LogP contribution in [0.25, 0.3) is 0 Å². The first-order valence-electron chi connectivity index (χ1n) is 7.82. The van der Waals surface area contributed by atoms with Crippen LogP contribution in [-0.2, 0) is 4.79 Å². The van der Waals surface area contributed by atoms with Gasteiger partial charge in [0.2, 0.25) is 5.91 Å². The van der Waals surface area contributed by atoms with Gasteiger partial charge in [0.15, 0.2) is 0 Å². The number of nitrogens with two attached hydrogens (primary N) is 1. The Hall–Kier alpha value is -0.610. The van der Waals surface area contributed by atoms with Gasteiger partial charge < -0.3 is 0 Å². The Morgan fingerprint density at radius 1 is 1.11 bits per heavy atom. The van der Waals surface area contributed by atoms with E-state index in [4.69, 9.17) is 5.84 Å². The van der Waals surface area contributed by atoms with E-state index >= 15 is 0 Å². The molecule has 1 amide bonds. The summed E-state index contributed by atoms with van der Waals surface area (Å²) in [6.07, 6.45) is 9.74. The fourth-order valence-electron chi connectivity index (χ4n) is 3.87. The van der Waals surface area contributed by atoms with Crippen LogP contribution in [0.5, 0.6) is 0 Å². The zero-order valence-corrected chi connectivity index (χ0v) is 12.5. The minimum Gasteiger partial charge on any atom is -0.300 e. The molecule has 1 heterocycles. The van der Waals surface area contributed by atoms with Crippen LogP contribution in [0.2, 0.25) is 0 Å². The number of hydrazine groups is 1. The van der Waals surface area contributed by atoms with E-state index in [1.54, 1.807) is 0 Å². The maximum Gasteiger partial charge on any atom is 0.238 e. The van der Waals surface area contributed by atoms with E-state index < -0.39 is 0 Å². The van der Waals surface area contributed by atoms with E-state index in [1.165, 1.54) is 44.9 Å². The Morgan fingerprint density at radius 2 is 1.68 bits per heavy atom. The first-order chi connectivity index (χ1) is 9.08. The van der Waals surface area contributed by atoms with E-state index in [2.05, 4.69) is 17.2 Å². The number of carbonyl (C=O) groups is 1. The van der Waals surface area contributed by atoms with Crippen molar-refractivity contribution in [3.63, 3.8) is 0 Å². The van der Waals surface area contributed by atoms with Crippen molar-refractivity contribution < 1.29 is 4.79 Å². The summed E-state index contributed by atoms with van der Waals surface area (Å²) >= 11 is 0. The fraction of sp³-hybridized carbons (Fsp3) is 0.933. The molecule has 0 aromatic rings. The zero-order chi connectivity index (χ0) is 13.9. The molecule has 2 fully saturated rings. The topological polar surface area (TPSA) is 58.4 Å². The second-order valence-electron chi connectivity index (χ2n) is 6.63. The van der Waals surface area contributed by atoms with Gasteiger partial charge >= 0.3 is 0 Å². The first-order valence-corrected chi connectivity index (χ1v) is 7.82. The second-order valence-corrected chi connectivity index (χ2v) is 6.63. The van der Waals surface area contributed by atoms with Crippen molar-refractivity contribution in [3.8, 4) is 0 Å². The highest BCUT2D eigenvalue weighted by Crippen LogP contribution is 2.44. The predicted octanol–water partition coefficient (Wildman–Crippen LogP) is 2.05. The third kappa shape index (κ3) is 3.29. The molecule has 2 unspecified atom stereocenters. The lowest BCUT2D eigenvalue weighted by molar-refractivity contribution is -0.126. The minimum absolute atomic E-state index is 0.0367. The molecule has 1 saturated carbocycles. The number of carbonyl (C=O) groups excluding carboxylic acids is 1. The Labute approximate surface area is 117 Å². The van der Waals surface area contributed by atoms with Gasteiger partial charge in [0.25, 0.3) is 0 Å². The quantitative estimate of drug-likeness (QED) is 0.467. The van der Waals surface area contributed by atoms with Crippen LogP contribution in [0.3, 0.4) is 0 Å². The second kappa shape index (κ2) is 6.23. The Balaban J connectivity index is 1.87. The summed E-state index contributed by atoms with van der Waals surface area (Å²) in [5, 5.41) is 0. The Kier molecular flexibility index (Phi) is 4.85. The molecule has 3 N–H and O–H groups in total. The molecule has 0 aromatic heterocycles. The van der Waals surface area contributed by atoms with Gasteiger partial charge in [-0.2, -0.15) is 0 Å². The lowest BCUT2D eigenvalue weighted by Gasteiger charge is -2.46. The first kappa shape index (κ1) is 14.8. The Bertz CT molecular complexity index is 303. The van der Waals surface area contributed by atoms with Crippen LogP contribution in [0, 0.1) is 11.3 Å². The average molecular weight is 267 g/mol. The molecule has 1 spiro atoms. The summed E-state index contributed by atoms with van der Waals surface area (Å²) in [6.45, 7) is 6.41. The Morgan fingerprint density at radius 3 is 2.21 bits per heavy atom. The highest BCUT2D eigenvalue weighted by Gasteiger charge is 2.37. The van der Waals surface area contributed by atoms with Crippen molar-refractivity contribution >= 4 is 5.91 Å². The molecule has 4 nitrogen and oxygen atoms in total. The molecule has 1 saturated heterocycles. The highest BCUT2D eigenvalue weighted by atomic mass is 16.2. The maximum absolute atomic E-state index is 11.6. The standard InChI is InChI=1S/C15H29N3O/c1-12(14(19)17-16)13(2)18-10-8-15(9-11-18)6-4-3-5-7-15/h12-13H,3-11,16H2,1-2H3,(H,17,19). The third-order valence-electron chi connectivity index (χ3n) is 5.63. The van der Waals surface area contributed by atoms with Gasteiger partial charge in [0.05, 0.1) is 5.92 Å². The smallest absolute Gasteiger partial charge is 0.238 e. The van der Waals surface area contributed by atoms with Gasteiger partial charge in [-0.1, -0.05) is 26.2 Å². The van der Waals surface area contributed by atoms with E-state index in [0.717, 1.165) is 13.1 Å². The molecular formula is C15H29N3O. The van der Waals surface area contributed by atoms with Crippen molar-refractivity contribution in [2.75, 3.05) is 13.1 Å². The summed E-state index contributed by atoms with van der Waals surface area (Å²) < 4.78 is 0. The molecule has 2 aliphatic rings. The monoisotopic (exact) mass is 267 g/mol. The third-order valence-corrected chi connectivity index (χ3v) is 5.63. The van der Waals surface area contributed by atoms with Gasteiger partial charge in [0.1, 0.15) is 0 Å². The van der Waals surface area contributed by atoms with Crippen LogP contribution < -0.4 is 11.3 Å². The number of nitrogens with zero attached hydrogens (tertiary/aromatic N) is 1. The molecule has 4 heteroatoms. The van der Waals surface area contributed by atoms with Crippen molar-refractivity contribution in [1.82, 2.24) is 10.3 Å². The van der Waals surface area contributed by atoms with Gasteiger partial charge in [-0.25, -0.2) is 5.84 Å². The normalized spacial score (nSPS) is 26.9. The van der Waals surface area contributed by atoms with Crippen molar-refractivity contribution in [2.24, 2.45) is 17.2 Å². The molecule has 0 bridgehead atoms. The maximum atomic E-state index is 11.6. The summed E-state index contributed by atoms with van der Waals surface area (Å²) in [5.41, 5.74) is 2.91. The van der Waals surface area contributed by atoms with Gasteiger partial charge in [-0.3, -0.25) is 15.1 Å². The van der Waals surface area contributed by atoms with Gasteiger partial charge in [0, 0.05) is 6.04 Å². The lowest BCUT2D eigenvalue weighted by Crippen LogP contribution is -2.50. The number of amides is 1. The summed E-state index contributed by atoms with van der Waals surface area (Å²) in [4.78, 5) is 14.1. The van der Waals surface area contributed by atoms with E-state index in [1.807, 2.05) is 6.92 Å². The van der Waals surface area contributed by atoms with Crippen LogP contribution in [0.15, 0.2) is 0 Å². The van der Waals surface area contributed by atoms with E-state index in [0.29, 0.717) is 5.41 Å². The highest BCUT2D eigenvalue weighted by molar-refractivity contribution is 5.78. The molecule has 110 valence electrons. The molecule has 1 aliphatic heterocycles. The van der Waals surface area contributed by atoms with Crippen LogP contribution in [0.1, 0.15) is 58.8 Å². The summed E-state index contributed by atoms with van der Waals surface area (Å²) in [5.74, 6) is 5.15. The number of hydrogen-bond acceptors (Lipinski definition) is 3. The van der Waals surface area contributed by atoms with Crippen LogP contribution in [-0.4, -0.2) is 29.9 Å². The number of piperidine rings is 1. The molecule has 2 atom stereocenters. The van der Waals surface area contributed by atoms with E-state index in [9.17, 15) is 4.79 Å². The average Bonchev–Trinajstić information content (AvgIpc) is 2.46. The molecule has 0 aromatic carbocycles. The predicted molar refractivity (Wildman–Crippen MR) is 77.3 cm³/mol. The van der Waals surface area contributed by atoms with Crippen molar-refractivity contribution in [2.45, 2.75) is 64.8 Å². The summed E-state index contributed by atoms with van der Waals surface area (Å²) in [7, 11) is 0. The largest absolute Gasteiger partial charge is 0.300 e. The molecule has 19 heavy (non-hydrogen) atoms. The number of nitrogens with one attached hydrogen (secondary N) is 1. The SMILES string of the molecule is CC(C(=O)NN)C(C)N1CCC2(CCCCC2)CC1. The summed E-state index contributed by atoms with van der Waals surface area (Å²) in [6, 6.07) is 0.282. The van der Waals surface area contributed by atoms with Crippen molar-refractivity contribution in [1.29, 1.82) is 0 Å². The molecule has 0 radical (unpaired) electrons. The molecule has 1 aliphatic carbocycles. The number of rotatable bonds is 3. The molecule has 2 rings (SSSR count). The fourth-order valence-corrected chi connectivity index (χ4v) is 3.87. The van der Waals surface area contributed by atoms with Crippen molar-refractivity contribution in [3.05, 3.63) is 0 Å². The van der Waals surface area contributed by atoms with Crippen LogP contribution in [0.4, 0.5) is 0 Å². The molecular weight excluding hydrogens is 238 g/mol. The van der Waals surface area contributed by atoms with Gasteiger partial charge in [-0.05, 0) is 51.1 Å². The number of hydrogen-bond donors (Lipinski definition) is 2. The number of likely N-dealkylation sites (tertiary alicyclic amines) is 1. The van der Waals surface area contributed by atoms with Crippen LogP contribution >= 0.6 is 0 Å². The lowest BCUT2D eigenvalue weighted by atomic mass is 9.68.